The van der Waals surface area contributed by atoms with Crippen molar-refractivity contribution in [1.29, 1.82) is 0 Å². The molecule has 1 aliphatic heterocycles. The molecule has 1 aromatic carbocycles. The molecule has 9 nitrogen and oxygen atoms in total. The van der Waals surface area contributed by atoms with Gasteiger partial charge < -0.3 is 20.3 Å². The Morgan fingerprint density at radius 3 is 2.71 bits per heavy atom. The van der Waals surface area contributed by atoms with E-state index in [0.29, 0.717) is 15.8 Å². The highest BCUT2D eigenvalue weighted by molar-refractivity contribution is 7.22. The smallest absolute Gasteiger partial charge is 0.406 e. The number of aromatic nitrogens is 4. The summed E-state index contributed by atoms with van der Waals surface area (Å²) < 4.78 is 41.6. The molecule has 5 rings (SSSR count). The Morgan fingerprint density at radius 2 is 1.94 bits per heavy atom. The molecule has 3 aromatic heterocycles. The Labute approximate surface area is 205 Å². The third kappa shape index (κ3) is 5.95. The molecule has 0 saturated carbocycles. The molecule has 182 valence electrons. The van der Waals surface area contributed by atoms with Crippen molar-refractivity contribution in [3.05, 3.63) is 48.2 Å². The van der Waals surface area contributed by atoms with Crippen LogP contribution in [0.25, 0.3) is 10.3 Å². The van der Waals surface area contributed by atoms with Crippen LogP contribution in [0.3, 0.4) is 0 Å². The number of thiazole rings is 1. The van der Waals surface area contributed by atoms with E-state index in [1.807, 2.05) is 12.1 Å². The first-order valence-electron chi connectivity index (χ1n) is 10.5. The fourth-order valence-corrected chi connectivity index (χ4v) is 5.31. The maximum atomic E-state index is 12.3. The zero-order valence-corrected chi connectivity index (χ0v) is 19.6. The Kier molecular flexibility index (Phi) is 6.38. The van der Waals surface area contributed by atoms with Crippen molar-refractivity contribution in [2.75, 3.05) is 28.6 Å². The van der Waals surface area contributed by atoms with Gasteiger partial charge in [-0.1, -0.05) is 34.8 Å². The minimum Gasteiger partial charge on any atom is -0.406 e. The van der Waals surface area contributed by atoms with E-state index >= 15 is 0 Å². The lowest BCUT2D eigenvalue weighted by Crippen LogP contribution is -2.25. The average molecular weight is 522 g/mol. The van der Waals surface area contributed by atoms with E-state index in [9.17, 15) is 18.0 Å². The van der Waals surface area contributed by atoms with Gasteiger partial charge >= 0.3 is 6.36 Å². The number of nitrogens with one attached hydrogen (secondary N) is 2. The Hall–Kier alpha value is -3.52. The Morgan fingerprint density at radius 1 is 1.14 bits per heavy atom. The summed E-state index contributed by atoms with van der Waals surface area (Å²) in [6.45, 7) is 1.61. The van der Waals surface area contributed by atoms with Crippen LogP contribution in [0.4, 0.5) is 28.6 Å². The SMILES string of the molecule is O=C(Cc1ccc(OC(F)(F)F)cc1)Nc1nnc(N[C@@H]2CCN(c3nc4ncccc4s3)C2)s1. The van der Waals surface area contributed by atoms with E-state index in [0.717, 1.165) is 35.0 Å². The molecule has 1 atom stereocenters. The number of amides is 1. The number of alkyl halides is 3. The van der Waals surface area contributed by atoms with Crippen molar-refractivity contribution >= 4 is 54.3 Å². The molecule has 0 spiro atoms. The van der Waals surface area contributed by atoms with Crippen LogP contribution in [-0.4, -0.2) is 51.6 Å². The van der Waals surface area contributed by atoms with Crippen molar-refractivity contribution in [2.24, 2.45) is 0 Å². The van der Waals surface area contributed by atoms with Crippen LogP contribution in [-0.2, 0) is 11.2 Å². The number of hydrogen-bond donors (Lipinski definition) is 2. The van der Waals surface area contributed by atoms with Crippen LogP contribution in [0, 0.1) is 0 Å². The highest BCUT2D eigenvalue weighted by atomic mass is 32.1. The lowest BCUT2D eigenvalue weighted by molar-refractivity contribution is -0.274. The molecule has 1 saturated heterocycles. The lowest BCUT2D eigenvalue weighted by atomic mass is 10.1. The Bertz CT molecular complexity index is 1290. The van der Waals surface area contributed by atoms with E-state index in [2.05, 4.69) is 40.4 Å². The monoisotopic (exact) mass is 521 g/mol. The largest absolute Gasteiger partial charge is 0.573 e. The predicted octanol–water partition coefficient (Wildman–Crippen LogP) is 4.31. The van der Waals surface area contributed by atoms with Crippen molar-refractivity contribution in [2.45, 2.75) is 25.2 Å². The van der Waals surface area contributed by atoms with Crippen LogP contribution in [0.2, 0.25) is 0 Å². The molecule has 14 heteroatoms. The van der Waals surface area contributed by atoms with E-state index in [4.69, 9.17) is 0 Å². The van der Waals surface area contributed by atoms with Gasteiger partial charge in [0.15, 0.2) is 10.8 Å². The number of pyridine rings is 1. The number of rotatable bonds is 7. The van der Waals surface area contributed by atoms with Crippen molar-refractivity contribution in [3.63, 3.8) is 0 Å². The summed E-state index contributed by atoms with van der Waals surface area (Å²) in [4.78, 5) is 23.4. The second-order valence-electron chi connectivity index (χ2n) is 7.73. The van der Waals surface area contributed by atoms with Crippen LogP contribution in [0.5, 0.6) is 5.75 Å². The molecule has 4 aromatic rings. The van der Waals surface area contributed by atoms with Gasteiger partial charge in [0, 0.05) is 25.3 Å². The van der Waals surface area contributed by atoms with Crippen LogP contribution >= 0.6 is 22.7 Å². The highest BCUT2D eigenvalue weighted by Crippen LogP contribution is 2.31. The number of carbonyl (C=O) groups is 1. The molecule has 4 heterocycles. The standard InChI is InChI=1S/C21H18F3N7O2S2/c22-21(23,24)33-14-5-3-12(4-6-14)10-16(32)27-19-30-29-18(35-19)26-13-7-9-31(11-13)20-28-17-15(34-20)2-1-8-25-17/h1-6,8,13H,7,9-11H2,(H,26,29)(H,27,30,32)/t13-/m1/s1. The molecule has 0 aliphatic carbocycles. The molecule has 1 amide bonds. The number of halogens is 3. The van der Waals surface area contributed by atoms with E-state index in [1.54, 1.807) is 17.5 Å². The lowest BCUT2D eigenvalue weighted by Gasteiger charge is -2.14. The molecule has 0 unspecified atom stereocenters. The minimum absolute atomic E-state index is 0.0246. The molecule has 0 bridgehead atoms. The first-order chi connectivity index (χ1) is 16.8. The molecule has 1 fully saturated rings. The Balaban J connectivity index is 1.11. The maximum Gasteiger partial charge on any atom is 0.573 e. The summed E-state index contributed by atoms with van der Waals surface area (Å²) in [5.74, 6) is -0.694. The summed E-state index contributed by atoms with van der Waals surface area (Å²) in [6.07, 6.45) is -2.15. The van der Waals surface area contributed by atoms with E-state index < -0.39 is 6.36 Å². The van der Waals surface area contributed by atoms with Crippen LogP contribution < -0.4 is 20.3 Å². The van der Waals surface area contributed by atoms with Gasteiger partial charge in [-0.05, 0) is 36.2 Å². The summed E-state index contributed by atoms with van der Waals surface area (Å²) in [5, 5.41) is 16.0. The molecule has 0 radical (unpaired) electrons. The number of benzene rings is 1. The molecular formula is C21H18F3N7O2S2. The molecule has 35 heavy (non-hydrogen) atoms. The number of hydrogen-bond acceptors (Lipinski definition) is 10. The normalized spacial score (nSPS) is 16.0. The zero-order valence-electron chi connectivity index (χ0n) is 18.0. The minimum atomic E-state index is -4.76. The molecular weight excluding hydrogens is 503 g/mol. The second kappa shape index (κ2) is 9.62. The number of carbonyl (C=O) groups excluding carboxylic acids is 1. The number of fused-ring (bicyclic) bond motifs is 1. The van der Waals surface area contributed by atoms with Gasteiger partial charge in [0.2, 0.25) is 16.2 Å². The fraction of sp³-hybridized carbons (Fsp3) is 0.286. The molecule has 1 aliphatic rings. The van der Waals surface area contributed by atoms with Gasteiger partial charge in [0.1, 0.15) is 5.75 Å². The van der Waals surface area contributed by atoms with Crippen LogP contribution in [0.1, 0.15) is 12.0 Å². The maximum absolute atomic E-state index is 12.3. The summed E-state index contributed by atoms with van der Waals surface area (Å²) >= 11 is 2.83. The summed E-state index contributed by atoms with van der Waals surface area (Å²) in [7, 11) is 0. The third-order valence-corrected chi connectivity index (χ3v) is 6.97. The van der Waals surface area contributed by atoms with Crippen molar-refractivity contribution < 1.29 is 22.7 Å². The van der Waals surface area contributed by atoms with Crippen molar-refractivity contribution in [1.82, 2.24) is 20.2 Å². The first kappa shape index (κ1) is 23.2. The molecule has 2 N–H and O–H groups in total. The first-order valence-corrected chi connectivity index (χ1v) is 12.2. The fourth-order valence-electron chi connectivity index (χ4n) is 3.61. The number of anilines is 3. The van der Waals surface area contributed by atoms with Gasteiger partial charge in [-0.15, -0.1) is 23.4 Å². The second-order valence-corrected chi connectivity index (χ2v) is 9.71. The summed E-state index contributed by atoms with van der Waals surface area (Å²) in [5.41, 5.74) is 1.29. The van der Waals surface area contributed by atoms with Gasteiger partial charge in [-0.3, -0.25) is 4.79 Å². The van der Waals surface area contributed by atoms with Gasteiger partial charge in [0.05, 0.1) is 11.1 Å². The predicted molar refractivity (Wildman–Crippen MR) is 127 cm³/mol. The van der Waals surface area contributed by atoms with Gasteiger partial charge in [-0.25, -0.2) is 4.98 Å². The van der Waals surface area contributed by atoms with E-state index in [1.165, 1.54) is 35.6 Å². The zero-order chi connectivity index (χ0) is 24.4. The summed E-state index contributed by atoms with van der Waals surface area (Å²) in [6, 6.07) is 9.20. The quantitative estimate of drug-likeness (QED) is 0.371. The van der Waals surface area contributed by atoms with Gasteiger partial charge in [0.25, 0.3) is 0 Å². The highest BCUT2D eigenvalue weighted by Gasteiger charge is 2.31. The third-order valence-electron chi connectivity index (χ3n) is 5.13. The van der Waals surface area contributed by atoms with Gasteiger partial charge in [-0.2, -0.15) is 4.98 Å². The average Bonchev–Trinajstić information content (AvgIpc) is 3.54. The number of nitrogens with zero attached hydrogens (tertiary/aromatic N) is 5. The van der Waals surface area contributed by atoms with E-state index in [-0.39, 0.29) is 24.1 Å². The van der Waals surface area contributed by atoms with Crippen LogP contribution in [0.15, 0.2) is 42.6 Å². The topological polar surface area (TPSA) is 105 Å². The van der Waals surface area contributed by atoms with Crippen molar-refractivity contribution in [3.8, 4) is 5.75 Å². The number of ether oxygens (including phenoxy) is 1.